The van der Waals surface area contributed by atoms with Crippen LogP contribution in [-0.4, -0.2) is 35.1 Å². The van der Waals surface area contributed by atoms with E-state index >= 15 is 0 Å². The summed E-state index contributed by atoms with van der Waals surface area (Å²) in [6, 6.07) is 3.25. The van der Waals surface area contributed by atoms with Crippen LogP contribution in [0.15, 0.2) is 18.2 Å². The number of rotatable bonds is 9. The van der Waals surface area contributed by atoms with Gasteiger partial charge in [0.15, 0.2) is 0 Å². The zero-order chi connectivity index (χ0) is 24.9. The molecule has 0 aliphatic heterocycles. The molecule has 192 valence electrons. The third-order valence-corrected chi connectivity index (χ3v) is 7.79. The molecule has 0 aromatic heterocycles. The highest BCUT2D eigenvalue weighted by molar-refractivity contribution is 5.67. The van der Waals surface area contributed by atoms with Gasteiger partial charge in [-0.15, -0.1) is 0 Å². The summed E-state index contributed by atoms with van der Waals surface area (Å²) in [6.45, 7) is 6.09. The van der Waals surface area contributed by atoms with Crippen LogP contribution in [0.4, 0.5) is 17.6 Å². The van der Waals surface area contributed by atoms with Crippen molar-refractivity contribution in [2.75, 3.05) is 13.1 Å². The molecule has 1 N–H and O–H groups in total. The molecule has 0 saturated heterocycles. The average molecular weight is 486 g/mol. The smallest absolute Gasteiger partial charge is 0.419 e. The van der Waals surface area contributed by atoms with E-state index in [2.05, 4.69) is 18.7 Å². The third-order valence-electron chi connectivity index (χ3n) is 7.79. The molecule has 2 aliphatic carbocycles. The molecule has 3 unspecified atom stereocenters. The molecule has 7 heteroatoms. The summed E-state index contributed by atoms with van der Waals surface area (Å²) < 4.78 is 54.7. The maximum Gasteiger partial charge on any atom is 0.419 e. The number of hydrogen-bond donors (Lipinski definition) is 1. The van der Waals surface area contributed by atoms with Crippen LogP contribution in [0.3, 0.4) is 0 Å². The second-order valence-electron chi connectivity index (χ2n) is 10.8. The monoisotopic (exact) mass is 485 g/mol. The number of carboxylic acids is 1. The third kappa shape index (κ3) is 7.19. The molecule has 0 amide bonds. The van der Waals surface area contributed by atoms with Gasteiger partial charge in [-0.25, -0.2) is 4.39 Å². The number of aliphatic carboxylic acids is 1. The highest BCUT2D eigenvalue weighted by atomic mass is 19.4. The Balaban J connectivity index is 1.98. The van der Waals surface area contributed by atoms with E-state index in [0.29, 0.717) is 23.8 Å². The maximum absolute atomic E-state index is 14.1. The number of carboxylic acid groups (broad SMARTS) is 1. The number of benzene rings is 1. The van der Waals surface area contributed by atoms with Crippen LogP contribution in [0.25, 0.3) is 0 Å². The molecule has 0 spiro atoms. The van der Waals surface area contributed by atoms with E-state index in [0.717, 1.165) is 44.5 Å². The van der Waals surface area contributed by atoms with Gasteiger partial charge < -0.3 is 5.11 Å². The summed E-state index contributed by atoms with van der Waals surface area (Å²) in [5, 5.41) is 9.57. The van der Waals surface area contributed by atoms with Gasteiger partial charge in [-0.2, -0.15) is 13.2 Å². The molecular weight excluding hydrogens is 446 g/mol. The first-order valence-corrected chi connectivity index (χ1v) is 12.9. The summed E-state index contributed by atoms with van der Waals surface area (Å²) in [6.07, 6.45) is 4.48. The van der Waals surface area contributed by atoms with Crippen molar-refractivity contribution in [3.8, 4) is 0 Å². The zero-order valence-corrected chi connectivity index (χ0v) is 20.4. The van der Waals surface area contributed by atoms with E-state index in [1.165, 1.54) is 38.2 Å². The largest absolute Gasteiger partial charge is 0.481 e. The Kier molecular flexibility index (Phi) is 9.41. The standard InChI is InChI=1S/C27H39F4NO2/c1-18(2)13-14-32(17-19-7-4-3-5-8-19)24-10-6-9-20(16-25(33)34)26(24)21-11-12-23(28)22(15-21)27(29,30)31/h11-12,15,18-20,24,26H,3-10,13-14,16-17H2,1-2H3,(H,33,34). The van der Waals surface area contributed by atoms with Crippen molar-refractivity contribution in [2.24, 2.45) is 17.8 Å². The van der Waals surface area contributed by atoms with Gasteiger partial charge in [0.25, 0.3) is 0 Å². The summed E-state index contributed by atoms with van der Waals surface area (Å²) >= 11 is 0. The number of alkyl halides is 3. The molecule has 0 radical (unpaired) electrons. The lowest BCUT2D eigenvalue weighted by molar-refractivity contribution is -0.141. The number of halogens is 4. The predicted molar refractivity (Wildman–Crippen MR) is 125 cm³/mol. The fourth-order valence-corrected chi connectivity index (χ4v) is 6.11. The first kappa shape index (κ1) is 27.0. The highest BCUT2D eigenvalue weighted by Gasteiger charge is 2.41. The zero-order valence-electron chi connectivity index (χ0n) is 20.4. The van der Waals surface area contributed by atoms with Crippen LogP contribution in [0.2, 0.25) is 0 Å². The molecule has 3 atom stereocenters. The van der Waals surface area contributed by atoms with Crippen molar-refractivity contribution in [2.45, 2.75) is 96.2 Å². The highest BCUT2D eigenvalue weighted by Crippen LogP contribution is 2.44. The average Bonchev–Trinajstić information content (AvgIpc) is 2.76. The minimum absolute atomic E-state index is 0.0367. The van der Waals surface area contributed by atoms with Crippen molar-refractivity contribution in [1.82, 2.24) is 4.90 Å². The minimum Gasteiger partial charge on any atom is -0.481 e. The fourth-order valence-electron chi connectivity index (χ4n) is 6.11. The van der Waals surface area contributed by atoms with E-state index in [9.17, 15) is 27.5 Å². The van der Waals surface area contributed by atoms with Crippen LogP contribution in [0, 0.1) is 23.6 Å². The van der Waals surface area contributed by atoms with Crippen LogP contribution in [0.5, 0.6) is 0 Å². The van der Waals surface area contributed by atoms with E-state index < -0.39 is 23.5 Å². The second kappa shape index (κ2) is 11.9. The second-order valence-corrected chi connectivity index (χ2v) is 10.8. The summed E-state index contributed by atoms with van der Waals surface area (Å²) in [5.74, 6) is -1.78. The molecule has 0 heterocycles. The predicted octanol–water partition coefficient (Wildman–Crippen LogP) is 7.50. The molecule has 1 aromatic rings. The molecule has 2 saturated carbocycles. The van der Waals surface area contributed by atoms with Crippen LogP contribution in [-0.2, 0) is 11.0 Å². The lowest BCUT2D eigenvalue weighted by Gasteiger charge is -2.46. The van der Waals surface area contributed by atoms with Gasteiger partial charge in [-0.3, -0.25) is 9.69 Å². The molecule has 34 heavy (non-hydrogen) atoms. The molecular formula is C27H39F4NO2. The molecule has 3 rings (SSSR count). The summed E-state index contributed by atoms with van der Waals surface area (Å²) in [5.41, 5.74) is -0.840. The van der Waals surface area contributed by atoms with Crippen molar-refractivity contribution < 1.29 is 27.5 Å². The van der Waals surface area contributed by atoms with E-state index in [4.69, 9.17) is 0 Å². The van der Waals surface area contributed by atoms with Gasteiger partial charge in [0.1, 0.15) is 5.82 Å². The first-order valence-electron chi connectivity index (χ1n) is 12.9. The van der Waals surface area contributed by atoms with E-state index in [1.54, 1.807) is 0 Å². The quantitative estimate of drug-likeness (QED) is 0.368. The molecule has 0 bridgehead atoms. The van der Waals surface area contributed by atoms with Gasteiger partial charge in [0.05, 0.1) is 5.56 Å². The lowest BCUT2D eigenvalue weighted by Crippen LogP contribution is -2.47. The number of nitrogens with zero attached hydrogens (tertiary/aromatic N) is 1. The molecule has 1 aromatic carbocycles. The Hall–Kier alpha value is -1.63. The molecule has 2 fully saturated rings. The van der Waals surface area contributed by atoms with Crippen LogP contribution < -0.4 is 0 Å². The SMILES string of the molecule is CC(C)CCN(CC1CCCCC1)C1CCCC(CC(=O)O)C1c1ccc(F)c(C(F)(F)F)c1. The Labute approximate surface area is 200 Å². The number of carbonyl (C=O) groups is 1. The topological polar surface area (TPSA) is 40.5 Å². The van der Waals surface area contributed by atoms with Crippen molar-refractivity contribution >= 4 is 5.97 Å². The first-order chi connectivity index (χ1) is 16.1. The minimum atomic E-state index is -4.79. The van der Waals surface area contributed by atoms with Gasteiger partial charge in [-0.05, 0) is 74.1 Å². The van der Waals surface area contributed by atoms with Crippen molar-refractivity contribution in [3.05, 3.63) is 35.1 Å². The molecule has 2 aliphatic rings. The van der Waals surface area contributed by atoms with Gasteiger partial charge in [-0.1, -0.05) is 45.6 Å². The fraction of sp³-hybridized carbons (Fsp3) is 0.741. The van der Waals surface area contributed by atoms with Gasteiger partial charge in [0, 0.05) is 24.9 Å². The Morgan fingerprint density at radius 2 is 1.79 bits per heavy atom. The summed E-state index contributed by atoms with van der Waals surface area (Å²) in [7, 11) is 0. The van der Waals surface area contributed by atoms with Gasteiger partial charge in [0.2, 0.25) is 0 Å². The van der Waals surface area contributed by atoms with E-state index in [1.807, 2.05) is 0 Å². The van der Waals surface area contributed by atoms with Gasteiger partial charge >= 0.3 is 12.1 Å². The van der Waals surface area contributed by atoms with Crippen LogP contribution >= 0.6 is 0 Å². The lowest BCUT2D eigenvalue weighted by atomic mass is 9.70. The van der Waals surface area contributed by atoms with Crippen LogP contribution in [0.1, 0.15) is 95.1 Å². The maximum atomic E-state index is 14.1. The molecule has 3 nitrogen and oxygen atoms in total. The number of hydrogen-bond acceptors (Lipinski definition) is 2. The van der Waals surface area contributed by atoms with E-state index in [-0.39, 0.29) is 24.3 Å². The Morgan fingerprint density at radius 1 is 1.09 bits per heavy atom. The van der Waals surface area contributed by atoms with Crippen molar-refractivity contribution in [3.63, 3.8) is 0 Å². The Morgan fingerprint density at radius 3 is 2.41 bits per heavy atom. The Bertz CT molecular complexity index is 804. The summed E-state index contributed by atoms with van der Waals surface area (Å²) in [4.78, 5) is 14.1. The van der Waals surface area contributed by atoms with Crippen molar-refractivity contribution in [1.29, 1.82) is 0 Å². The normalized spacial score (nSPS) is 24.6.